The zero-order chi connectivity index (χ0) is 23.3. The molecule has 0 spiro atoms. The molecule has 1 fully saturated rings. The van der Waals surface area contributed by atoms with Crippen molar-refractivity contribution in [3.05, 3.63) is 51.4 Å². The third-order valence-electron chi connectivity index (χ3n) is 5.22. The Morgan fingerprint density at radius 2 is 1.59 bits per heavy atom. The van der Waals surface area contributed by atoms with Crippen LogP contribution in [0.2, 0.25) is 0 Å². The van der Waals surface area contributed by atoms with Gasteiger partial charge >= 0.3 is 12.4 Å². The summed E-state index contributed by atoms with van der Waals surface area (Å²) in [5.74, 6) is -0.305. The molecular weight excluding hydrogens is 460 g/mol. The van der Waals surface area contributed by atoms with E-state index in [0.717, 1.165) is 35.1 Å². The van der Waals surface area contributed by atoms with Gasteiger partial charge in [0.25, 0.3) is 5.56 Å². The zero-order valence-corrected chi connectivity index (χ0v) is 17.1. The highest BCUT2D eigenvalue weighted by Crippen LogP contribution is 2.40. The lowest BCUT2D eigenvalue weighted by atomic mass is 9.99. The van der Waals surface area contributed by atoms with Crippen LogP contribution in [0.1, 0.15) is 24.0 Å². The SMILES string of the molecule is O=C(Cn1cnc2scc(-c3cc(C(F)(F)F)cc(C(F)(F)F)c3)c2c1=O)N1CCCC1. The molecule has 0 atom stereocenters. The molecule has 0 unspecified atom stereocenters. The fourth-order valence-corrected chi connectivity index (χ4v) is 4.52. The van der Waals surface area contributed by atoms with E-state index in [9.17, 15) is 35.9 Å². The van der Waals surface area contributed by atoms with E-state index in [1.165, 1.54) is 5.38 Å². The Morgan fingerprint density at radius 1 is 1.00 bits per heavy atom. The Bertz CT molecular complexity index is 1210. The Kier molecular flexibility index (Phi) is 5.51. The van der Waals surface area contributed by atoms with Gasteiger partial charge in [-0.15, -0.1) is 11.3 Å². The van der Waals surface area contributed by atoms with Crippen molar-refractivity contribution in [3.8, 4) is 11.1 Å². The number of benzene rings is 1. The van der Waals surface area contributed by atoms with Gasteiger partial charge in [0.1, 0.15) is 11.4 Å². The number of likely N-dealkylation sites (tertiary alicyclic amines) is 1. The van der Waals surface area contributed by atoms with E-state index in [1.54, 1.807) is 4.90 Å². The Morgan fingerprint density at radius 3 is 2.16 bits per heavy atom. The van der Waals surface area contributed by atoms with Crippen molar-refractivity contribution in [1.29, 1.82) is 0 Å². The number of fused-ring (bicyclic) bond motifs is 1. The molecule has 0 bridgehead atoms. The molecule has 5 nitrogen and oxygen atoms in total. The van der Waals surface area contributed by atoms with Crippen LogP contribution >= 0.6 is 11.3 Å². The monoisotopic (exact) mass is 475 g/mol. The Labute approximate surface area is 180 Å². The van der Waals surface area contributed by atoms with Crippen molar-refractivity contribution < 1.29 is 31.1 Å². The molecule has 1 aromatic carbocycles. The van der Waals surface area contributed by atoms with Gasteiger partial charge in [0, 0.05) is 24.0 Å². The van der Waals surface area contributed by atoms with Crippen LogP contribution in [0.5, 0.6) is 0 Å². The maximum Gasteiger partial charge on any atom is 0.416 e. The fourth-order valence-electron chi connectivity index (χ4n) is 3.62. The van der Waals surface area contributed by atoms with Crippen molar-refractivity contribution in [3.63, 3.8) is 0 Å². The molecule has 1 aliphatic heterocycles. The highest BCUT2D eigenvalue weighted by molar-refractivity contribution is 7.17. The predicted molar refractivity (Wildman–Crippen MR) is 105 cm³/mol. The van der Waals surface area contributed by atoms with Crippen LogP contribution in [0.25, 0.3) is 21.3 Å². The molecule has 3 heterocycles. The van der Waals surface area contributed by atoms with E-state index in [-0.39, 0.29) is 34.3 Å². The van der Waals surface area contributed by atoms with Crippen LogP contribution in [0.15, 0.2) is 34.7 Å². The van der Waals surface area contributed by atoms with Gasteiger partial charge in [-0.25, -0.2) is 4.98 Å². The van der Waals surface area contributed by atoms with Crippen LogP contribution in [0.4, 0.5) is 26.3 Å². The van der Waals surface area contributed by atoms with Gasteiger partial charge in [-0.2, -0.15) is 26.3 Å². The first-order valence-corrected chi connectivity index (χ1v) is 10.4. The summed E-state index contributed by atoms with van der Waals surface area (Å²) in [7, 11) is 0. The largest absolute Gasteiger partial charge is 0.416 e. The van der Waals surface area contributed by atoms with E-state index in [2.05, 4.69) is 4.98 Å². The molecule has 3 aromatic rings. The summed E-state index contributed by atoms with van der Waals surface area (Å²) < 4.78 is 80.5. The van der Waals surface area contributed by atoms with Crippen molar-refractivity contribution in [1.82, 2.24) is 14.5 Å². The Hall–Kier alpha value is -2.89. The fraction of sp³-hybridized carbons (Fsp3) is 0.350. The number of halogens is 6. The molecule has 0 saturated carbocycles. The maximum atomic E-state index is 13.2. The highest BCUT2D eigenvalue weighted by Gasteiger charge is 2.37. The number of amides is 1. The average Bonchev–Trinajstić information content (AvgIpc) is 3.38. The van der Waals surface area contributed by atoms with Crippen molar-refractivity contribution >= 4 is 27.5 Å². The second-order valence-corrected chi connectivity index (χ2v) is 8.25. The first kappa shape index (κ1) is 22.3. The van der Waals surface area contributed by atoms with E-state index in [0.29, 0.717) is 25.2 Å². The Balaban J connectivity index is 1.83. The molecule has 1 aliphatic rings. The van der Waals surface area contributed by atoms with Gasteiger partial charge in [-0.05, 0) is 36.6 Å². The molecule has 170 valence electrons. The smallest absolute Gasteiger partial charge is 0.341 e. The minimum atomic E-state index is -5.01. The molecule has 0 N–H and O–H groups in total. The van der Waals surface area contributed by atoms with E-state index in [1.807, 2.05) is 0 Å². The van der Waals surface area contributed by atoms with Gasteiger partial charge in [-0.3, -0.25) is 14.2 Å². The summed E-state index contributed by atoms with van der Waals surface area (Å²) in [6.45, 7) is 0.822. The average molecular weight is 475 g/mol. The number of nitrogens with zero attached hydrogens (tertiary/aromatic N) is 3. The van der Waals surface area contributed by atoms with Crippen molar-refractivity contribution in [2.75, 3.05) is 13.1 Å². The topological polar surface area (TPSA) is 55.2 Å². The lowest BCUT2D eigenvalue weighted by Crippen LogP contribution is -2.34. The van der Waals surface area contributed by atoms with Crippen molar-refractivity contribution in [2.24, 2.45) is 0 Å². The van der Waals surface area contributed by atoms with Crippen LogP contribution in [0, 0.1) is 0 Å². The van der Waals surface area contributed by atoms with Gasteiger partial charge < -0.3 is 4.90 Å². The number of thiophene rings is 1. The van der Waals surface area contributed by atoms with E-state index < -0.39 is 34.6 Å². The second-order valence-electron chi connectivity index (χ2n) is 7.39. The number of hydrogen-bond acceptors (Lipinski definition) is 4. The van der Waals surface area contributed by atoms with Crippen LogP contribution in [0.3, 0.4) is 0 Å². The van der Waals surface area contributed by atoms with Crippen LogP contribution in [-0.2, 0) is 23.7 Å². The molecule has 32 heavy (non-hydrogen) atoms. The molecule has 0 radical (unpaired) electrons. The van der Waals surface area contributed by atoms with E-state index >= 15 is 0 Å². The summed E-state index contributed by atoms with van der Waals surface area (Å²) in [4.78, 5) is 31.2. The van der Waals surface area contributed by atoms with Gasteiger partial charge in [0.05, 0.1) is 22.8 Å². The normalized spacial score (nSPS) is 15.0. The minimum absolute atomic E-state index is 0.0311. The third kappa shape index (κ3) is 4.23. The van der Waals surface area contributed by atoms with Gasteiger partial charge in [-0.1, -0.05) is 0 Å². The molecule has 1 saturated heterocycles. The molecule has 2 aromatic heterocycles. The summed E-state index contributed by atoms with van der Waals surface area (Å²) >= 11 is 0.920. The van der Waals surface area contributed by atoms with Crippen LogP contribution in [-0.4, -0.2) is 33.4 Å². The molecular formula is C20H15F6N3O2S. The summed E-state index contributed by atoms with van der Waals surface area (Å²) in [6.07, 6.45) is -7.16. The number of aromatic nitrogens is 2. The third-order valence-corrected chi connectivity index (χ3v) is 6.11. The summed E-state index contributed by atoms with van der Waals surface area (Å²) in [5.41, 5.74) is -4.15. The molecule has 1 amide bonds. The number of rotatable bonds is 3. The maximum absolute atomic E-state index is 13.2. The second kappa shape index (κ2) is 7.91. The molecule has 12 heteroatoms. The number of carbonyl (C=O) groups is 1. The quantitative estimate of drug-likeness (QED) is 0.512. The number of carbonyl (C=O) groups excluding carboxylic acids is 1. The number of alkyl halides is 6. The highest BCUT2D eigenvalue weighted by atomic mass is 32.1. The van der Waals surface area contributed by atoms with Gasteiger partial charge in [0.15, 0.2) is 0 Å². The van der Waals surface area contributed by atoms with Gasteiger partial charge in [0.2, 0.25) is 5.91 Å². The first-order valence-electron chi connectivity index (χ1n) is 9.49. The van der Waals surface area contributed by atoms with Crippen LogP contribution < -0.4 is 5.56 Å². The van der Waals surface area contributed by atoms with Crippen molar-refractivity contribution in [2.45, 2.75) is 31.7 Å². The molecule has 4 rings (SSSR count). The minimum Gasteiger partial charge on any atom is -0.341 e. The lowest BCUT2D eigenvalue weighted by Gasteiger charge is -2.16. The first-order chi connectivity index (χ1) is 14.9. The predicted octanol–water partition coefficient (Wildman–Crippen LogP) is 4.79. The summed E-state index contributed by atoms with van der Waals surface area (Å²) in [6, 6.07) is 1.18. The standard InChI is InChI=1S/C20H15F6N3O2S/c21-19(22,23)12-5-11(6-13(7-12)20(24,25)26)14-9-32-17-16(14)18(31)29(10-27-17)8-15(30)28-3-1-2-4-28/h5-7,9-10H,1-4,8H2. The molecule has 0 aliphatic carbocycles. The zero-order valence-electron chi connectivity index (χ0n) is 16.3. The number of hydrogen-bond donors (Lipinski definition) is 0. The summed E-state index contributed by atoms with van der Waals surface area (Å²) in [5, 5.41) is 1.17. The lowest BCUT2D eigenvalue weighted by molar-refractivity contribution is -0.143. The van der Waals surface area contributed by atoms with E-state index in [4.69, 9.17) is 0 Å².